The minimum atomic E-state index is 0.654. The van der Waals surface area contributed by atoms with E-state index >= 15 is 0 Å². The third-order valence-electron chi connectivity index (χ3n) is 5.74. The van der Waals surface area contributed by atoms with E-state index in [4.69, 9.17) is 0 Å². The Bertz CT molecular complexity index is 1420. The highest BCUT2D eigenvalue weighted by atomic mass is 15.4. The van der Waals surface area contributed by atoms with Gasteiger partial charge in [0.2, 0.25) is 0 Å². The molecule has 5 rings (SSSR count). The average molecular weight is 410 g/mol. The summed E-state index contributed by atoms with van der Waals surface area (Å²) in [5.74, 6) is 0. The summed E-state index contributed by atoms with van der Waals surface area (Å²) in [4.78, 5) is 4.31. The Hall–Kier alpha value is -3.76. The van der Waals surface area contributed by atoms with Gasteiger partial charge in [-0.1, -0.05) is 43.0 Å². The van der Waals surface area contributed by atoms with Gasteiger partial charge in [0.1, 0.15) is 11.0 Å². The fraction of sp³-hybridized carbons (Fsp3) is 0.240. The molecule has 0 unspecified atom stereocenters. The molecule has 2 aliphatic rings. The van der Waals surface area contributed by atoms with Crippen molar-refractivity contribution in [3.8, 4) is 0 Å². The van der Waals surface area contributed by atoms with E-state index in [-0.39, 0.29) is 0 Å². The fourth-order valence-electron chi connectivity index (χ4n) is 4.04. The van der Waals surface area contributed by atoms with E-state index in [1.807, 2.05) is 33.6 Å². The number of fused-ring (bicyclic) bond motifs is 2. The average Bonchev–Trinajstić information content (AvgIpc) is 3.41. The fourth-order valence-corrected chi connectivity index (χ4v) is 4.04. The minimum Gasteiger partial charge on any atom is -0.307 e. The molecule has 0 aromatic carbocycles. The standard InChI is InChI=1S/C25H25N6/c1-3-22-9-8-21(15-27-22)20-5-4-6-24-23(14-18(2)13-20)28-29-31(24)17-19-7-10-25-26-11-12-30(25)16-19/h6-8,10-16H,2-5,9,17H2,1H3/q+1/b20-13+,23-14?,24-6+. The lowest BCUT2D eigenvalue weighted by molar-refractivity contribution is 0.631. The van der Waals surface area contributed by atoms with Crippen LogP contribution in [0, 0.1) is 0 Å². The Labute approximate surface area is 180 Å². The largest absolute Gasteiger partial charge is 0.307 e. The van der Waals surface area contributed by atoms with Crippen LogP contribution in [0.4, 0.5) is 0 Å². The van der Waals surface area contributed by atoms with Crippen LogP contribution in [0.3, 0.4) is 0 Å². The summed E-state index contributed by atoms with van der Waals surface area (Å²) >= 11 is 0. The normalized spacial score (nSPS) is 19.1. The first-order chi connectivity index (χ1) is 15.2. The zero-order chi connectivity index (χ0) is 21.2. The maximum absolute atomic E-state index is 4.61. The van der Waals surface area contributed by atoms with Gasteiger partial charge in [-0.3, -0.25) is 0 Å². The maximum Gasteiger partial charge on any atom is 0.299 e. The predicted octanol–water partition coefficient (Wildman–Crippen LogP) is 2.13. The van der Waals surface area contributed by atoms with Crippen LogP contribution in [0.2, 0.25) is 0 Å². The SMILES string of the molecule is C=C1C=c2nnn(Cc3ccc4nccn4c3)/c2=C/CC/C(C2=CCC(CC)=[N+]=C2)=C\1. The highest BCUT2D eigenvalue weighted by Crippen LogP contribution is 2.20. The van der Waals surface area contributed by atoms with E-state index in [1.165, 1.54) is 16.9 Å². The van der Waals surface area contributed by atoms with Gasteiger partial charge < -0.3 is 4.40 Å². The third-order valence-corrected chi connectivity index (χ3v) is 5.74. The van der Waals surface area contributed by atoms with Gasteiger partial charge in [-0.15, -0.1) is 9.77 Å². The molecule has 1 aliphatic carbocycles. The van der Waals surface area contributed by atoms with Crippen molar-refractivity contribution in [2.45, 2.75) is 39.2 Å². The number of hydrogen-bond acceptors (Lipinski definition) is 3. The summed E-state index contributed by atoms with van der Waals surface area (Å²) in [6.45, 7) is 7.05. The summed E-state index contributed by atoms with van der Waals surface area (Å²) in [5.41, 5.74) is 6.72. The molecule has 3 aromatic rings. The third kappa shape index (κ3) is 3.98. The van der Waals surface area contributed by atoms with Gasteiger partial charge in [-0.2, -0.15) is 0 Å². The van der Waals surface area contributed by atoms with Crippen LogP contribution in [-0.2, 0) is 6.54 Å². The molecule has 0 fully saturated rings. The molecule has 3 aromatic heterocycles. The first-order valence-electron chi connectivity index (χ1n) is 10.7. The Morgan fingerprint density at radius 3 is 2.97 bits per heavy atom. The monoisotopic (exact) mass is 409 g/mol. The van der Waals surface area contributed by atoms with E-state index in [2.05, 4.69) is 64.0 Å². The number of aromatic nitrogens is 5. The zero-order valence-corrected chi connectivity index (χ0v) is 17.7. The Kier molecular flexibility index (Phi) is 5.06. The Balaban J connectivity index is 1.45. The van der Waals surface area contributed by atoms with Crippen molar-refractivity contribution in [3.05, 3.63) is 82.4 Å². The van der Waals surface area contributed by atoms with Crippen LogP contribution < -0.4 is 15.4 Å². The van der Waals surface area contributed by atoms with Crippen molar-refractivity contribution >= 4 is 29.7 Å². The zero-order valence-electron chi connectivity index (χ0n) is 17.7. The number of hydrogen-bond donors (Lipinski definition) is 0. The van der Waals surface area contributed by atoms with Crippen LogP contribution in [0.5, 0.6) is 0 Å². The van der Waals surface area contributed by atoms with Crippen molar-refractivity contribution < 1.29 is 0 Å². The molecule has 0 atom stereocenters. The molecule has 0 saturated heterocycles. The van der Waals surface area contributed by atoms with Crippen molar-refractivity contribution in [1.29, 1.82) is 0 Å². The van der Waals surface area contributed by atoms with Crippen LogP contribution in [0.1, 0.15) is 38.2 Å². The van der Waals surface area contributed by atoms with E-state index in [1.54, 1.807) is 6.20 Å². The second-order valence-corrected chi connectivity index (χ2v) is 7.92. The highest BCUT2D eigenvalue weighted by molar-refractivity contribution is 5.96. The van der Waals surface area contributed by atoms with Crippen molar-refractivity contribution in [1.82, 2.24) is 29.0 Å². The van der Waals surface area contributed by atoms with E-state index in [0.29, 0.717) is 6.54 Å². The number of imidazole rings is 1. The molecule has 31 heavy (non-hydrogen) atoms. The van der Waals surface area contributed by atoms with Crippen molar-refractivity contribution in [2.24, 2.45) is 0 Å². The summed E-state index contributed by atoms with van der Waals surface area (Å²) in [7, 11) is 0. The minimum absolute atomic E-state index is 0.654. The second-order valence-electron chi connectivity index (χ2n) is 7.92. The van der Waals surface area contributed by atoms with Crippen molar-refractivity contribution in [3.63, 3.8) is 0 Å². The van der Waals surface area contributed by atoms with Gasteiger partial charge in [-0.25, -0.2) is 9.67 Å². The first kappa shape index (κ1) is 19.2. The molecule has 4 heterocycles. The Morgan fingerprint density at radius 1 is 1.19 bits per heavy atom. The van der Waals surface area contributed by atoms with Crippen LogP contribution in [0.15, 0.2) is 66.2 Å². The van der Waals surface area contributed by atoms with Crippen LogP contribution >= 0.6 is 0 Å². The molecule has 6 heteroatoms. The van der Waals surface area contributed by atoms with Crippen LogP contribution in [-0.4, -0.2) is 36.3 Å². The molecule has 0 radical (unpaired) electrons. The van der Waals surface area contributed by atoms with Crippen LogP contribution in [0.25, 0.3) is 17.8 Å². The van der Waals surface area contributed by atoms with E-state index in [9.17, 15) is 0 Å². The van der Waals surface area contributed by atoms with Gasteiger partial charge in [-0.05, 0) is 41.7 Å². The Morgan fingerprint density at radius 2 is 2.13 bits per heavy atom. The van der Waals surface area contributed by atoms with Gasteiger partial charge in [0.25, 0.3) is 11.9 Å². The molecule has 1 aliphatic heterocycles. The van der Waals surface area contributed by atoms with E-state index < -0.39 is 0 Å². The molecule has 0 spiro atoms. The van der Waals surface area contributed by atoms with Gasteiger partial charge in [0.15, 0.2) is 0 Å². The molecule has 0 N–H and O–H groups in total. The number of pyridine rings is 1. The van der Waals surface area contributed by atoms with Crippen molar-refractivity contribution in [2.75, 3.05) is 0 Å². The molecule has 0 saturated carbocycles. The number of allylic oxidation sites excluding steroid dienone is 5. The summed E-state index contributed by atoms with van der Waals surface area (Å²) in [5, 5.41) is 10.7. The lowest BCUT2D eigenvalue weighted by Crippen LogP contribution is -2.30. The summed E-state index contributed by atoms with van der Waals surface area (Å²) in [6, 6.07) is 4.11. The van der Waals surface area contributed by atoms with Gasteiger partial charge in [0.05, 0.1) is 23.9 Å². The summed E-state index contributed by atoms with van der Waals surface area (Å²) in [6.07, 6.45) is 20.3. The molecule has 0 amide bonds. The molecular weight excluding hydrogens is 384 g/mol. The van der Waals surface area contributed by atoms with Gasteiger partial charge >= 0.3 is 0 Å². The number of nitrogens with zero attached hydrogens (tertiary/aromatic N) is 6. The quantitative estimate of drug-likeness (QED) is 0.620. The van der Waals surface area contributed by atoms with E-state index in [0.717, 1.165) is 53.2 Å². The predicted molar refractivity (Wildman–Crippen MR) is 125 cm³/mol. The molecule has 0 bridgehead atoms. The van der Waals surface area contributed by atoms with Gasteiger partial charge in [0, 0.05) is 25.0 Å². The summed E-state index contributed by atoms with van der Waals surface area (Å²) < 4.78 is 8.60. The topological polar surface area (TPSA) is 62.1 Å². The highest BCUT2D eigenvalue weighted by Gasteiger charge is 2.16. The smallest absolute Gasteiger partial charge is 0.299 e. The molecular formula is C25H25N6+. The lowest BCUT2D eigenvalue weighted by Gasteiger charge is -2.06. The first-order valence-corrected chi connectivity index (χ1v) is 10.7. The molecule has 154 valence electrons. The lowest BCUT2D eigenvalue weighted by atomic mass is 9.96. The molecule has 6 nitrogen and oxygen atoms in total. The number of rotatable bonds is 4. The maximum atomic E-state index is 4.61. The second kappa shape index (κ2) is 8.17.